The summed E-state index contributed by atoms with van der Waals surface area (Å²) in [4.78, 5) is 4.52. The van der Waals surface area contributed by atoms with Crippen molar-refractivity contribution in [3.63, 3.8) is 0 Å². The van der Waals surface area contributed by atoms with Crippen LogP contribution in [0.4, 0.5) is 5.95 Å². The average molecular weight is 243 g/mol. The molecule has 0 saturated carbocycles. The number of hydrogen-bond acceptors (Lipinski definition) is 2. The first kappa shape index (κ1) is 12.7. The Morgan fingerprint density at radius 2 is 1.89 bits per heavy atom. The van der Waals surface area contributed by atoms with Crippen molar-refractivity contribution in [3.8, 4) is 5.69 Å². The van der Waals surface area contributed by atoms with Gasteiger partial charge in [0.15, 0.2) is 0 Å². The van der Waals surface area contributed by atoms with E-state index in [1.54, 1.807) is 0 Å². The first-order valence-electron chi connectivity index (χ1n) is 6.52. The first-order chi connectivity index (χ1) is 8.60. The van der Waals surface area contributed by atoms with Crippen LogP contribution >= 0.6 is 0 Å². The molecule has 0 bridgehead atoms. The van der Waals surface area contributed by atoms with Gasteiger partial charge in [-0.2, -0.15) is 0 Å². The predicted molar refractivity (Wildman–Crippen MR) is 76.4 cm³/mol. The van der Waals surface area contributed by atoms with Crippen molar-refractivity contribution in [2.45, 2.75) is 40.2 Å². The molecule has 96 valence electrons. The molecule has 3 nitrogen and oxygen atoms in total. The Kier molecular flexibility index (Phi) is 3.70. The van der Waals surface area contributed by atoms with Crippen LogP contribution in [0.1, 0.15) is 32.0 Å². The summed E-state index contributed by atoms with van der Waals surface area (Å²) in [5, 5.41) is 3.37. The molecule has 2 rings (SSSR count). The van der Waals surface area contributed by atoms with Crippen molar-refractivity contribution < 1.29 is 0 Å². The van der Waals surface area contributed by atoms with E-state index in [0.29, 0.717) is 6.04 Å². The van der Waals surface area contributed by atoms with E-state index in [1.165, 1.54) is 5.56 Å². The highest BCUT2D eigenvalue weighted by Gasteiger charge is 2.08. The van der Waals surface area contributed by atoms with Crippen LogP contribution in [0, 0.1) is 6.92 Å². The van der Waals surface area contributed by atoms with Gasteiger partial charge in [-0.25, -0.2) is 4.98 Å². The Bertz CT molecular complexity index is 509. The van der Waals surface area contributed by atoms with Crippen LogP contribution in [0.3, 0.4) is 0 Å². The van der Waals surface area contributed by atoms with Gasteiger partial charge in [-0.05, 0) is 44.9 Å². The fraction of sp³-hybridized carbons (Fsp3) is 0.400. The number of benzene rings is 1. The van der Waals surface area contributed by atoms with E-state index in [9.17, 15) is 0 Å². The summed E-state index contributed by atoms with van der Waals surface area (Å²) in [5.41, 5.74) is 3.53. The quantitative estimate of drug-likeness (QED) is 0.889. The van der Waals surface area contributed by atoms with E-state index in [0.717, 1.165) is 23.8 Å². The van der Waals surface area contributed by atoms with Gasteiger partial charge in [0.1, 0.15) is 0 Å². The lowest BCUT2D eigenvalue weighted by molar-refractivity contribution is 0.863. The van der Waals surface area contributed by atoms with Crippen molar-refractivity contribution in [3.05, 3.63) is 41.7 Å². The van der Waals surface area contributed by atoms with E-state index in [2.05, 4.69) is 66.1 Å². The van der Waals surface area contributed by atoms with Crippen molar-refractivity contribution >= 4 is 5.95 Å². The van der Waals surface area contributed by atoms with Crippen LogP contribution in [0.5, 0.6) is 0 Å². The maximum Gasteiger partial charge on any atom is 0.207 e. The highest BCUT2D eigenvalue weighted by molar-refractivity contribution is 5.44. The molecule has 0 saturated heterocycles. The fourth-order valence-corrected chi connectivity index (χ4v) is 1.95. The molecule has 0 aliphatic heterocycles. The molecule has 0 fully saturated rings. The Morgan fingerprint density at radius 3 is 2.44 bits per heavy atom. The number of anilines is 1. The molecular weight excluding hydrogens is 222 g/mol. The lowest BCUT2D eigenvalue weighted by atomic mass is 10.1. The minimum Gasteiger partial charge on any atom is -0.353 e. The van der Waals surface area contributed by atoms with Gasteiger partial charge >= 0.3 is 0 Å². The highest BCUT2D eigenvalue weighted by Crippen LogP contribution is 2.18. The van der Waals surface area contributed by atoms with Gasteiger partial charge in [-0.3, -0.25) is 4.57 Å². The number of imidazole rings is 1. The van der Waals surface area contributed by atoms with Gasteiger partial charge in [0, 0.05) is 17.9 Å². The minimum atomic E-state index is 0.375. The summed E-state index contributed by atoms with van der Waals surface area (Å²) in [5.74, 6) is 0.909. The Balaban J connectivity index is 2.36. The normalized spacial score (nSPS) is 10.9. The second kappa shape index (κ2) is 5.25. The maximum absolute atomic E-state index is 4.52. The first-order valence-corrected chi connectivity index (χ1v) is 6.52. The Labute approximate surface area is 109 Å². The summed E-state index contributed by atoms with van der Waals surface area (Å²) < 4.78 is 2.11. The van der Waals surface area contributed by atoms with Gasteiger partial charge in [-0.1, -0.05) is 19.1 Å². The number of rotatable bonds is 4. The second-order valence-electron chi connectivity index (χ2n) is 4.89. The topological polar surface area (TPSA) is 29.9 Å². The molecule has 18 heavy (non-hydrogen) atoms. The molecule has 2 aromatic rings. The van der Waals surface area contributed by atoms with Gasteiger partial charge in [-0.15, -0.1) is 0 Å². The molecule has 0 amide bonds. The monoisotopic (exact) mass is 243 g/mol. The van der Waals surface area contributed by atoms with Crippen LogP contribution in [0.15, 0.2) is 30.5 Å². The van der Waals surface area contributed by atoms with Gasteiger partial charge in [0.25, 0.3) is 0 Å². The Morgan fingerprint density at radius 1 is 1.22 bits per heavy atom. The molecule has 1 heterocycles. The minimum absolute atomic E-state index is 0.375. The molecule has 0 radical (unpaired) electrons. The molecule has 0 aliphatic rings. The van der Waals surface area contributed by atoms with Crippen LogP contribution in [-0.2, 0) is 6.42 Å². The second-order valence-corrected chi connectivity index (χ2v) is 4.89. The van der Waals surface area contributed by atoms with Gasteiger partial charge in [0.05, 0.1) is 5.69 Å². The van der Waals surface area contributed by atoms with Crippen molar-refractivity contribution in [1.29, 1.82) is 0 Å². The number of nitrogens with one attached hydrogen (secondary N) is 1. The highest BCUT2D eigenvalue weighted by atomic mass is 15.2. The molecule has 0 unspecified atom stereocenters. The number of aromatic nitrogens is 2. The van der Waals surface area contributed by atoms with Crippen molar-refractivity contribution in [2.75, 3.05) is 5.32 Å². The van der Waals surface area contributed by atoms with E-state index in [-0.39, 0.29) is 0 Å². The van der Waals surface area contributed by atoms with E-state index < -0.39 is 0 Å². The standard InChI is InChI=1S/C15H21N3/c1-5-13-6-8-14(9-7-13)18-10-12(4)17-15(18)16-11(2)3/h6-11H,5H2,1-4H3,(H,16,17). The lowest BCUT2D eigenvalue weighted by Gasteiger charge is -2.12. The molecule has 1 aromatic heterocycles. The maximum atomic E-state index is 4.52. The number of nitrogens with zero attached hydrogens (tertiary/aromatic N) is 2. The van der Waals surface area contributed by atoms with Crippen LogP contribution in [0.2, 0.25) is 0 Å². The zero-order chi connectivity index (χ0) is 13.1. The average Bonchev–Trinajstić information content (AvgIpc) is 2.69. The zero-order valence-corrected chi connectivity index (χ0v) is 11.6. The SMILES string of the molecule is CCc1ccc(-n2cc(C)nc2NC(C)C)cc1. The fourth-order valence-electron chi connectivity index (χ4n) is 1.95. The van der Waals surface area contributed by atoms with Crippen LogP contribution in [0.25, 0.3) is 5.69 Å². The third-order valence-electron chi connectivity index (χ3n) is 2.87. The van der Waals surface area contributed by atoms with Crippen LogP contribution in [-0.4, -0.2) is 15.6 Å². The van der Waals surface area contributed by atoms with Gasteiger partial charge in [0.2, 0.25) is 5.95 Å². The van der Waals surface area contributed by atoms with Gasteiger partial charge < -0.3 is 5.32 Å². The summed E-state index contributed by atoms with van der Waals surface area (Å²) in [6.45, 7) is 8.42. The van der Waals surface area contributed by atoms with E-state index in [1.807, 2.05) is 6.92 Å². The molecule has 0 atom stereocenters. The summed E-state index contributed by atoms with van der Waals surface area (Å²) in [7, 11) is 0. The predicted octanol–water partition coefficient (Wildman–Crippen LogP) is 3.56. The molecule has 0 spiro atoms. The molecule has 0 aliphatic carbocycles. The van der Waals surface area contributed by atoms with Crippen molar-refractivity contribution in [2.24, 2.45) is 0 Å². The largest absolute Gasteiger partial charge is 0.353 e. The summed E-state index contributed by atoms with van der Waals surface area (Å²) >= 11 is 0. The Hall–Kier alpha value is -1.77. The summed E-state index contributed by atoms with van der Waals surface area (Å²) in [6.07, 6.45) is 3.13. The molecule has 1 N–H and O–H groups in total. The number of hydrogen-bond donors (Lipinski definition) is 1. The molecule has 1 aromatic carbocycles. The number of aryl methyl sites for hydroxylation is 2. The van der Waals surface area contributed by atoms with E-state index >= 15 is 0 Å². The molecular formula is C15H21N3. The zero-order valence-electron chi connectivity index (χ0n) is 11.6. The van der Waals surface area contributed by atoms with E-state index in [4.69, 9.17) is 0 Å². The molecule has 3 heteroatoms. The van der Waals surface area contributed by atoms with Crippen molar-refractivity contribution in [1.82, 2.24) is 9.55 Å². The third-order valence-corrected chi connectivity index (χ3v) is 2.87. The lowest BCUT2D eigenvalue weighted by Crippen LogP contribution is -2.13. The smallest absolute Gasteiger partial charge is 0.207 e. The third kappa shape index (κ3) is 2.73. The van der Waals surface area contributed by atoms with Crippen LogP contribution < -0.4 is 5.32 Å². The summed E-state index contributed by atoms with van der Waals surface area (Å²) in [6, 6.07) is 9.00.